The first-order valence-corrected chi connectivity index (χ1v) is 7.01. The number of hydrogen-bond acceptors (Lipinski definition) is 4. The van der Waals surface area contributed by atoms with E-state index in [2.05, 4.69) is 5.32 Å². The number of hydrogen-bond donors (Lipinski definition) is 2. The van der Waals surface area contributed by atoms with Crippen LogP contribution in [0.4, 0.5) is 4.79 Å². The molecule has 0 saturated carbocycles. The SMILES string of the molecule is CN(C)C(=O)CCCOc1cccc(OCCNC(=O)O)c1. The summed E-state index contributed by atoms with van der Waals surface area (Å²) in [5.41, 5.74) is 0. The zero-order valence-electron chi connectivity index (χ0n) is 12.9. The van der Waals surface area contributed by atoms with E-state index in [-0.39, 0.29) is 19.1 Å². The zero-order chi connectivity index (χ0) is 16.4. The number of amides is 2. The number of benzene rings is 1. The van der Waals surface area contributed by atoms with Crippen LogP contribution in [0.2, 0.25) is 0 Å². The van der Waals surface area contributed by atoms with Gasteiger partial charge in [0.1, 0.15) is 18.1 Å². The van der Waals surface area contributed by atoms with E-state index in [1.165, 1.54) is 0 Å². The van der Waals surface area contributed by atoms with E-state index in [0.717, 1.165) is 0 Å². The predicted octanol–water partition coefficient (Wildman–Crippen LogP) is 1.58. The van der Waals surface area contributed by atoms with Crippen molar-refractivity contribution in [2.75, 3.05) is 33.9 Å². The Balaban J connectivity index is 2.28. The summed E-state index contributed by atoms with van der Waals surface area (Å²) in [6, 6.07) is 7.09. The standard InChI is InChI=1S/C15H22N2O5/c1-17(2)14(18)7-4-9-21-12-5-3-6-13(11-12)22-10-8-16-15(19)20/h3,5-6,11,16H,4,7-10H2,1-2H3,(H,19,20). The Kier molecular flexibility index (Phi) is 7.60. The van der Waals surface area contributed by atoms with E-state index in [0.29, 0.717) is 30.9 Å². The Bertz CT molecular complexity index is 491. The van der Waals surface area contributed by atoms with Crippen molar-refractivity contribution >= 4 is 12.0 Å². The van der Waals surface area contributed by atoms with E-state index in [9.17, 15) is 9.59 Å². The van der Waals surface area contributed by atoms with Crippen LogP contribution < -0.4 is 14.8 Å². The lowest BCUT2D eigenvalue weighted by atomic mass is 10.3. The molecule has 22 heavy (non-hydrogen) atoms. The highest BCUT2D eigenvalue weighted by Gasteiger charge is 2.04. The minimum atomic E-state index is -1.08. The average molecular weight is 310 g/mol. The third kappa shape index (κ3) is 7.37. The summed E-state index contributed by atoms with van der Waals surface area (Å²) < 4.78 is 11.0. The summed E-state index contributed by atoms with van der Waals surface area (Å²) in [6.07, 6.45) is 0.0160. The van der Waals surface area contributed by atoms with Gasteiger partial charge in [-0.1, -0.05) is 6.07 Å². The van der Waals surface area contributed by atoms with Crippen LogP contribution in [0.25, 0.3) is 0 Å². The Morgan fingerprint density at radius 2 is 1.82 bits per heavy atom. The largest absolute Gasteiger partial charge is 0.493 e. The van der Waals surface area contributed by atoms with Crippen LogP contribution in [0.1, 0.15) is 12.8 Å². The fourth-order valence-corrected chi connectivity index (χ4v) is 1.62. The van der Waals surface area contributed by atoms with Gasteiger partial charge in [-0.25, -0.2) is 4.79 Å². The highest BCUT2D eigenvalue weighted by Crippen LogP contribution is 2.19. The minimum Gasteiger partial charge on any atom is -0.493 e. The number of carboxylic acid groups (broad SMARTS) is 1. The minimum absolute atomic E-state index is 0.0756. The Morgan fingerprint density at radius 1 is 1.18 bits per heavy atom. The molecule has 1 aromatic rings. The lowest BCUT2D eigenvalue weighted by molar-refractivity contribution is -0.128. The van der Waals surface area contributed by atoms with Crippen LogP contribution >= 0.6 is 0 Å². The topological polar surface area (TPSA) is 88.1 Å². The van der Waals surface area contributed by atoms with Crippen LogP contribution in [0.3, 0.4) is 0 Å². The lowest BCUT2D eigenvalue weighted by Gasteiger charge is -2.11. The Hall–Kier alpha value is -2.44. The molecule has 0 fully saturated rings. The maximum Gasteiger partial charge on any atom is 0.404 e. The van der Waals surface area contributed by atoms with Crippen molar-refractivity contribution in [3.05, 3.63) is 24.3 Å². The van der Waals surface area contributed by atoms with Crippen LogP contribution in [0.5, 0.6) is 11.5 Å². The van der Waals surface area contributed by atoms with E-state index in [1.807, 2.05) is 0 Å². The number of carbonyl (C=O) groups excluding carboxylic acids is 1. The fourth-order valence-electron chi connectivity index (χ4n) is 1.62. The number of nitrogens with zero attached hydrogens (tertiary/aromatic N) is 1. The van der Waals surface area contributed by atoms with Crippen molar-refractivity contribution in [1.29, 1.82) is 0 Å². The van der Waals surface area contributed by atoms with Gasteiger partial charge < -0.3 is 24.8 Å². The summed E-state index contributed by atoms with van der Waals surface area (Å²) in [5, 5.41) is 10.7. The molecular weight excluding hydrogens is 288 g/mol. The van der Waals surface area contributed by atoms with Crippen molar-refractivity contribution in [3.63, 3.8) is 0 Å². The average Bonchev–Trinajstić information content (AvgIpc) is 2.48. The van der Waals surface area contributed by atoms with Crippen LogP contribution in [-0.2, 0) is 4.79 Å². The number of rotatable bonds is 9. The quantitative estimate of drug-likeness (QED) is 0.676. The molecule has 0 unspecified atom stereocenters. The second-order valence-corrected chi connectivity index (χ2v) is 4.80. The van der Waals surface area contributed by atoms with Crippen molar-refractivity contribution in [1.82, 2.24) is 10.2 Å². The molecule has 0 aromatic heterocycles. The molecule has 0 bridgehead atoms. The van der Waals surface area contributed by atoms with Gasteiger partial charge in [0.2, 0.25) is 5.91 Å². The first-order chi connectivity index (χ1) is 10.5. The van der Waals surface area contributed by atoms with Crippen LogP contribution in [0, 0.1) is 0 Å². The molecule has 2 amide bonds. The van der Waals surface area contributed by atoms with Gasteiger partial charge in [0.25, 0.3) is 0 Å². The first kappa shape index (κ1) is 17.6. The van der Waals surface area contributed by atoms with Crippen molar-refractivity contribution in [2.45, 2.75) is 12.8 Å². The molecule has 122 valence electrons. The molecule has 1 rings (SSSR count). The molecule has 0 aliphatic rings. The zero-order valence-corrected chi connectivity index (χ0v) is 12.9. The summed E-state index contributed by atoms with van der Waals surface area (Å²) >= 11 is 0. The normalized spacial score (nSPS) is 9.91. The molecular formula is C15H22N2O5. The monoisotopic (exact) mass is 310 g/mol. The second-order valence-electron chi connectivity index (χ2n) is 4.80. The molecule has 0 aliphatic carbocycles. The molecule has 7 heteroatoms. The van der Waals surface area contributed by atoms with Crippen LogP contribution in [-0.4, -0.2) is 55.9 Å². The van der Waals surface area contributed by atoms with Crippen molar-refractivity contribution < 1.29 is 24.2 Å². The van der Waals surface area contributed by atoms with Gasteiger partial charge in [0.15, 0.2) is 0 Å². The molecule has 0 atom stereocenters. The highest BCUT2D eigenvalue weighted by atomic mass is 16.5. The number of nitrogens with one attached hydrogen (secondary N) is 1. The third-order valence-electron chi connectivity index (χ3n) is 2.76. The number of ether oxygens (including phenoxy) is 2. The first-order valence-electron chi connectivity index (χ1n) is 7.01. The Morgan fingerprint density at radius 3 is 2.41 bits per heavy atom. The second kappa shape index (κ2) is 9.49. The lowest BCUT2D eigenvalue weighted by Crippen LogP contribution is -2.26. The maximum absolute atomic E-state index is 11.4. The van der Waals surface area contributed by atoms with Gasteiger partial charge >= 0.3 is 6.09 Å². The molecule has 0 radical (unpaired) electrons. The predicted molar refractivity (Wildman–Crippen MR) is 81.4 cm³/mol. The van der Waals surface area contributed by atoms with Crippen molar-refractivity contribution in [3.8, 4) is 11.5 Å². The number of carbonyl (C=O) groups is 2. The molecule has 1 aromatic carbocycles. The summed E-state index contributed by atoms with van der Waals surface area (Å²) in [7, 11) is 3.45. The summed E-state index contributed by atoms with van der Waals surface area (Å²) in [6.45, 7) is 0.907. The van der Waals surface area contributed by atoms with E-state index < -0.39 is 6.09 Å². The van der Waals surface area contributed by atoms with Gasteiger partial charge in [-0.2, -0.15) is 0 Å². The van der Waals surface area contributed by atoms with Crippen molar-refractivity contribution in [2.24, 2.45) is 0 Å². The third-order valence-corrected chi connectivity index (χ3v) is 2.76. The summed E-state index contributed by atoms with van der Waals surface area (Å²) in [5.74, 6) is 1.33. The van der Waals surface area contributed by atoms with Gasteiger partial charge in [0, 0.05) is 26.6 Å². The fraction of sp³-hybridized carbons (Fsp3) is 0.467. The molecule has 7 nitrogen and oxygen atoms in total. The molecule has 0 heterocycles. The summed E-state index contributed by atoms with van der Waals surface area (Å²) in [4.78, 5) is 23.2. The maximum atomic E-state index is 11.4. The molecule has 0 aliphatic heterocycles. The van der Waals surface area contributed by atoms with Crippen LogP contribution in [0.15, 0.2) is 24.3 Å². The molecule has 0 saturated heterocycles. The van der Waals surface area contributed by atoms with E-state index >= 15 is 0 Å². The van der Waals surface area contributed by atoms with E-state index in [1.54, 1.807) is 43.3 Å². The van der Waals surface area contributed by atoms with Gasteiger partial charge in [-0.3, -0.25) is 4.79 Å². The van der Waals surface area contributed by atoms with Gasteiger partial charge in [-0.05, 0) is 18.6 Å². The molecule has 2 N–H and O–H groups in total. The van der Waals surface area contributed by atoms with Gasteiger partial charge in [-0.15, -0.1) is 0 Å². The van der Waals surface area contributed by atoms with E-state index in [4.69, 9.17) is 14.6 Å². The highest BCUT2D eigenvalue weighted by molar-refractivity contribution is 5.75. The molecule has 0 spiro atoms. The van der Waals surface area contributed by atoms with Gasteiger partial charge in [0.05, 0.1) is 13.2 Å². The smallest absolute Gasteiger partial charge is 0.404 e. The Labute approximate surface area is 129 Å².